The van der Waals surface area contributed by atoms with Gasteiger partial charge in [-0.3, -0.25) is 9.48 Å². The topological polar surface area (TPSA) is 88.7 Å². The number of aryl methyl sites for hydroxylation is 2. The van der Waals surface area contributed by atoms with Gasteiger partial charge in [0, 0.05) is 18.1 Å². The quantitative estimate of drug-likeness (QED) is 0.756. The molecule has 4 N–H and O–H groups in total. The molecule has 0 fully saturated rings. The molecule has 0 radical (unpaired) electrons. The third kappa shape index (κ3) is 2.33. The van der Waals surface area contributed by atoms with Crippen molar-refractivity contribution in [1.82, 2.24) is 14.8 Å². The molecular weight excluding hydrogens is 238 g/mol. The second-order valence-corrected chi connectivity index (χ2v) is 4.56. The van der Waals surface area contributed by atoms with Crippen LogP contribution >= 0.6 is 11.3 Å². The third-order valence-electron chi connectivity index (χ3n) is 2.51. The first kappa shape index (κ1) is 11.7. The Kier molecular flexibility index (Phi) is 3.19. The minimum Gasteiger partial charge on any atom is -0.394 e. The Bertz CT molecular complexity index is 568. The van der Waals surface area contributed by atoms with Gasteiger partial charge in [-0.15, -0.1) is 0 Å². The number of nitrogens with zero attached hydrogens (tertiary/aromatic N) is 2. The Morgan fingerprint density at radius 1 is 1.65 bits per heavy atom. The Morgan fingerprint density at radius 3 is 2.94 bits per heavy atom. The maximum absolute atomic E-state index is 11.0. The van der Waals surface area contributed by atoms with E-state index >= 15 is 0 Å². The molecule has 7 heteroatoms. The zero-order valence-corrected chi connectivity index (χ0v) is 10.6. The molecule has 6 nitrogen and oxygen atoms in total. The fourth-order valence-electron chi connectivity index (χ4n) is 1.65. The summed E-state index contributed by atoms with van der Waals surface area (Å²) in [6.45, 7) is 2.55. The van der Waals surface area contributed by atoms with Crippen LogP contribution in [0.4, 0.5) is 11.5 Å². The van der Waals surface area contributed by atoms with Crippen molar-refractivity contribution in [2.45, 2.75) is 19.9 Å². The highest BCUT2D eigenvalue weighted by molar-refractivity contribution is 7.07. The average molecular weight is 253 g/mol. The van der Waals surface area contributed by atoms with Gasteiger partial charge in [0.2, 0.25) is 0 Å². The molecule has 0 saturated heterocycles. The molecule has 0 aliphatic rings. The number of H-pyrrole nitrogens is 1. The van der Waals surface area contributed by atoms with Gasteiger partial charge in [-0.2, -0.15) is 5.10 Å². The lowest BCUT2D eigenvalue weighted by Crippen LogP contribution is -2.07. The molecule has 17 heavy (non-hydrogen) atoms. The Balaban J connectivity index is 2.13. The molecule has 0 amide bonds. The van der Waals surface area contributed by atoms with Crippen LogP contribution in [0.3, 0.4) is 0 Å². The number of nitrogen functional groups attached to an aromatic ring is 1. The van der Waals surface area contributed by atoms with Crippen LogP contribution < -0.4 is 15.9 Å². The number of anilines is 2. The van der Waals surface area contributed by atoms with E-state index in [2.05, 4.69) is 15.4 Å². The van der Waals surface area contributed by atoms with Gasteiger partial charge in [0.05, 0.1) is 17.9 Å². The van der Waals surface area contributed by atoms with Gasteiger partial charge in [-0.05, 0) is 6.42 Å². The summed E-state index contributed by atoms with van der Waals surface area (Å²) < 4.78 is 1.72. The molecule has 92 valence electrons. The van der Waals surface area contributed by atoms with E-state index in [0.29, 0.717) is 12.2 Å². The molecule has 2 heterocycles. The lowest BCUT2D eigenvalue weighted by Gasteiger charge is -2.05. The van der Waals surface area contributed by atoms with Crippen LogP contribution in [0, 0.1) is 0 Å². The van der Waals surface area contributed by atoms with Gasteiger partial charge >= 0.3 is 4.87 Å². The Morgan fingerprint density at radius 2 is 2.41 bits per heavy atom. The van der Waals surface area contributed by atoms with Crippen molar-refractivity contribution < 1.29 is 0 Å². The molecule has 2 aromatic heterocycles. The normalized spacial score (nSPS) is 10.7. The molecule has 0 unspecified atom stereocenters. The SMILES string of the molecule is CCc1nn(C)c(NCc2csc(=O)[nH]2)c1N. The second kappa shape index (κ2) is 4.62. The van der Waals surface area contributed by atoms with Crippen LogP contribution in [0.1, 0.15) is 18.3 Å². The van der Waals surface area contributed by atoms with E-state index in [1.165, 1.54) is 0 Å². The first-order chi connectivity index (χ1) is 8.11. The van der Waals surface area contributed by atoms with Crippen molar-refractivity contribution in [3.63, 3.8) is 0 Å². The zero-order chi connectivity index (χ0) is 12.4. The number of aromatic nitrogens is 3. The summed E-state index contributed by atoms with van der Waals surface area (Å²) >= 11 is 1.15. The highest BCUT2D eigenvalue weighted by Crippen LogP contribution is 2.22. The van der Waals surface area contributed by atoms with Crippen LogP contribution in [0.2, 0.25) is 0 Å². The summed E-state index contributed by atoms with van der Waals surface area (Å²) in [5.41, 5.74) is 8.37. The molecule has 0 aromatic carbocycles. The lowest BCUT2D eigenvalue weighted by molar-refractivity contribution is 0.747. The first-order valence-electron chi connectivity index (χ1n) is 5.33. The van der Waals surface area contributed by atoms with Crippen molar-refractivity contribution in [2.24, 2.45) is 7.05 Å². The number of hydrogen-bond donors (Lipinski definition) is 3. The summed E-state index contributed by atoms with van der Waals surface area (Å²) in [7, 11) is 1.84. The fraction of sp³-hybridized carbons (Fsp3) is 0.400. The predicted octanol–water partition coefficient (Wildman–Crippen LogP) is 0.927. The van der Waals surface area contributed by atoms with E-state index in [0.717, 1.165) is 35.0 Å². The van der Waals surface area contributed by atoms with Crippen molar-refractivity contribution in [2.75, 3.05) is 11.1 Å². The number of aromatic amines is 1. The molecule has 0 atom stereocenters. The van der Waals surface area contributed by atoms with E-state index < -0.39 is 0 Å². The molecule has 0 aliphatic heterocycles. The number of thiazole rings is 1. The number of nitrogens with one attached hydrogen (secondary N) is 2. The predicted molar refractivity (Wildman–Crippen MR) is 69.3 cm³/mol. The highest BCUT2D eigenvalue weighted by Gasteiger charge is 2.11. The monoisotopic (exact) mass is 253 g/mol. The summed E-state index contributed by atoms with van der Waals surface area (Å²) in [4.78, 5) is 13.7. The molecular formula is C10H15N5OS. The van der Waals surface area contributed by atoms with Gasteiger partial charge in [-0.25, -0.2) is 0 Å². The van der Waals surface area contributed by atoms with E-state index in [9.17, 15) is 4.79 Å². The minimum absolute atomic E-state index is 0.0472. The fourth-order valence-corrected chi connectivity index (χ4v) is 2.23. The molecule has 0 aliphatic carbocycles. The van der Waals surface area contributed by atoms with E-state index in [4.69, 9.17) is 5.73 Å². The van der Waals surface area contributed by atoms with Crippen molar-refractivity contribution >= 4 is 22.8 Å². The number of hydrogen-bond acceptors (Lipinski definition) is 5. The van der Waals surface area contributed by atoms with E-state index in [-0.39, 0.29) is 4.87 Å². The van der Waals surface area contributed by atoms with Crippen LogP contribution in [0.25, 0.3) is 0 Å². The molecule has 2 aromatic rings. The average Bonchev–Trinajstić information content (AvgIpc) is 2.82. The lowest BCUT2D eigenvalue weighted by atomic mass is 10.3. The largest absolute Gasteiger partial charge is 0.394 e. The van der Waals surface area contributed by atoms with Gasteiger partial charge in [0.1, 0.15) is 5.82 Å². The van der Waals surface area contributed by atoms with Crippen molar-refractivity contribution in [3.05, 3.63) is 26.4 Å². The van der Waals surface area contributed by atoms with Crippen LogP contribution in [0.15, 0.2) is 10.2 Å². The Labute approximate surface area is 102 Å². The molecule has 2 rings (SSSR count). The van der Waals surface area contributed by atoms with Gasteiger partial charge < -0.3 is 16.0 Å². The standard InChI is InChI=1S/C10H15N5OS/c1-3-7-8(11)9(15(2)14-7)12-4-6-5-17-10(16)13-6/h5,12H,3-4,11H2,1-2H3,(H,13,16). The van der Waals surface area contributed by atoms with Crippen LogP contribution in [-0.2, 0) is 20.0 Å². The van der Waals surface area contributed by atoms with Gasteiger partial charge in [-0.1, -0.05) is 18.3 Å². The zero-order valence-electron chi connectivity index (χ0n) is 9.78. The van der Waals surface area contributed by atoms with Crippen molar-refractivity contribution in [1.29, 1.82) is 0 Å². The molecule has 0 spiro atoms. The van der Waals surface area contributed by atoms with Crippen LogP contribution in [-0.4, -0.2) is 14.8 Å². The summed E-state index contributed by atoms with van der Waals surface area (Å²) in [5.74, 6) is 0.786. The maximum atomic E-state index is 11.0. The maximum Gasteiger partial charge on any atom is 0.304 e. The summed E-state index contributed by atoms with van der Waals surface area (Å²) in [6.07, 6.45) is 0.802. The first-order valence-corrected chi connectivity index (χ1v) is 6.21. The van der Waals surface area contributed by atoms with Gasteiger partial charge in [0.25, 0.3) is 0 Å². The molecule has 0 bridgehead atoms. The van der Waals surface area contributed by atoms with E-state index in [1.807, 2.05) is 14.0 Å². The number of rotatable bonds is 4. The summed E-state index contributed by atoms with van der Waals surface area (Å²) in [5, 5.41) is 9.28. The minimum atomic E-state index is -0.0472. The highest BCUT2D eigenvalue weighted by atomic mass is 32.1. The smallest absolute Gasteiger partial charge is 0.304 e. The van der Waals surface area contributed by atoms with E-state index in [1.54, 1.807) is 10.1 Å². The summed E-state index contributed by atoms with van der Waals surface area (Å²) in [6, 6.07) is 0. The third-order valence-corrected chi connectivity index (χ3v) is 3.23. The van der Waals surface area contributed by atoms with Crippen molar-refractivity contribution in [3.8, 4) is 0 Å². The van der Waals surface area contributed by atoms with Crippen LogP contribution in [0.5, 0.6) is 0 Å². The molecule has 0 saturated carbocycles. The Hall–Kier alpha value is -1.76. The number of nitrogens with two attached hydrogens (primary N) is 1. The van der Waals surface area contributed by atoms with Gasteiger partial charge in [0.15, 0.2) is 0 Å². The second-order valence-electron chi connectivity index (χ2n) is 3.71.